The number of carbonyl (C=O) groups is 1. The largest absolute Gasteiger partial charge is 0.496 e. The molecule has 0 heterocycles. The van der Waals surface area contributed by atoms with E-state index in [1.54, 1.807) is 7.11 Å². The van der Waals surface area contributed by atoms with Gasteiger partial charge in [-0.3, -0.25) is 4.79 Å². The van der Waals surface area contributed by atoms with Gasteiger partial charge >= 0.3 is 5.97 Å². The second-order valence-corrected chi connectivity index (χ2v) is 4.04. The van der Waals surface area contributed by atoms with Crippen LogP contribution in [0.1, 0.15) is 16.7 Å². The van der Waals surface area contributed by atoms with Gasteiger partial charge in [-0.05, 0) is 29.7 Å². The Hall–Kier alpha value is -1.03. The molecule has 0 aromatic heterocycles. The van der Waals surface area contributed by atoms with Crippen LogP contribution in [0.25, 0.3) is 0 Å². The minimum Gasteiger partial charge on any atom is -0.496 e. The lowest BCUT2D eigenvalue weighted by atomic mass is 10.0. The first-order valence-electron chi connectivity index (χ1n) is 4.91. The number of methoxy groups -OCH3 is 2. The molecule has 4 heteroatoms. The first-order chi connectivity index (χ1) is 7.62. The molecule has 0 unspecified atom stereocenters. The molecule has 0 spiro atoms. The number of alkyl halides is 1. The molecule has 0 bridgehead atoms. The molecule has 1 rings (SSSR count). The van der Waals surface area contributed by atoms with Crippen LogP contribution < -0.4 is 4.74 Å². The molecular weight excluding hydrogens is 272 g/mol. The van der Waals surface area contributed by atoms with Gasteiger partial charge in [-0.2, -0.15) is 0 Å². The Morgan fingerprint density at radius 2 is 2.00 bits per heavy atom. The molecule has 0 atom stereocenters. The van der Waals surface area contributed by atoms with E-state index in [2.05, 4.69) is 20.7 Å². The summed E-state index contributed by atoms with van der Waals surface area (Å²) in [5, 5.41) is 0.712. The Balaban J connectivity index is 3.09. The van der Waals surface area contributed by atoms with E-state index < -0.39 is 0 Å². The number of hydrogen-bond acceptors (Lipinski definition) is 3. The van der Waals surface area contributed by atoms with Crippen LogP contribution in [0.3, 0.4) is 0 Å². The Kier molecular flexibility index (Phi) is 4.80. The lowest BCUT2D eigenvalue weighted by molar-refractivity contribution is -0.139. The van der Waals surface area contributed by atoms with Crippen molar-refractivity contribution >= 4 is 21.9 Å². The maximum atomic E-state index is 11.3. The van der Waals surface area contributed by atoms with Crippen LogP contribution in [-0.4, -0.2) is 20.2 Å². The number of halogens is 1. The number of ether oxygens (including phenoxy) is 2. The summed E-state index contributed by atoms with van der Waals surface area (Å²) in [6, 6.07) is 3.91. The third-order valence-electron chi connectivity index (χ3n) is 2.42. The van der Waals surface area contributed by atoms with Crippen molar-refractivity contribution in [3.05, 3.63) is 28.8 Å². The predicted octanol–water partition coefficient (Wildman–Crippen LogP) is 2.61. The third-order valence-corrected chi connectivity index (χ3v) is 3.03. The summed E-state index contributed by atoms with van der Waals surface area (Å²) in [7, 11) is 3.01. The minimum absolute atomic E-state index is 0.242. The molecule has 0 aliphatic carbocycles. The van der Waals surface area contributed by atoms with Gasteiger partial charge in [-0.25, -0.2) is 0 Å². The lowest BCUT2D eigenvalue weighted by Gasteiger charge is -2.11. The Bertz CT molecular complexity index is 388. The monoisotopic (exact) mass is 286 g/mol. The zero-order valence-electron chi connectivity index (χ0n) is 9.67. The standard InChI is InChI=1S/C12H15BrO3/c1-8-4-10(7-13)9(5-11(8)15-2)6-12(14)16-3/h4-5H,6-7H2,1-3H3. The molecule has 0 radical (unpaired) electrons. The molecule has 0 aliphatic rings. The van der Waals surface area contributed by atoms with Crippen molar-refractivity contribution in [1.29, 1.82) is 0 Å². The normalized spacial score (nSPS) is 10.0. The highest BCUT2D eigenvalue weighted by Crippen LogP contribution is 2.25. The molecule has 88 valence electrons. The first-order valence-corrected chi connectivity index (χ1v) is 6.03. The highest BCUT2D eigenvalue weighted by atomic mass is 79.9. The van der Waals surface area contributed by atoms with E-state index in [0.717, 1.165) is 22.4 Å². The van der Waals surface area contributed by atoms with E-state index in [1.807, 2.05) is 19.1 Å². The van der Waals surface area contributed by atoms with Crippen LogP contribution in [-0.2, 0) is 21.3 Å². The summed E-state index contributed by atoms with van der Waals surface area (Å²) in [4.78, 5) is 11.3. The van der Waals surface area contributed by atoms with Crippen molar-refractivity contribution in [3.63, 3.8) is 0 Å². The molecule has 0 amide bonds. The van der Waals surface area contributed by atoms with Crippen LogP contribution in [0, 0.1) is 6.92 Å². The molecule has 3 nitrogen and oxygen atoms in total. The molecule has 0 fully saturated rings. The van der Waals surface area contributed by atoms with E-state index in [1.165, 1.54) is 7.11 Å². The zero-order valence-corrected chi connectivity index (χ0v) is 11.3. The molecule has 0 saturated carbocycles. The molecule has 0 saturated heterocycles. The fraction of sp³-hybridized carbons (Fsp3) is 0.417. The van der Waals surface area contributed by atoms with Gasteiger partial charge in [0, 0.05) is 5.33 Å². The minimum atomic E-state index is -0.242. The van der Waals surface area contributed by atoms with Crippen LogP contribution in [0.15, 0.2) is 12.1 Å². The SMILES string of the molecule is COC(=O)Cc1cc(OC)c(C)cc1CBr. The van der Waals surface area contributed by atoms with Crippen LogP contribution in [0.5, 0.6) is 5.75 Å². The molecule has 16 heavy (non-hydrogen) atoms. The Labute approximate surface area is 104 Å². The van der Waals surface area contributed by atoms with Gasteiger partial charge < -0.3 is 9.47 Å². The Morgan fingerprint density at radius 1 is 1.31 bits per heavy atom. The summed E-state index contributed by atoms with van der Waals surface area (Å²) < 4.78 is 9.90. The summed E-state index contributed by atoms with van der Waals surface area (Å²) in [5.41, 5.74) is 3.08. The van der Waals surface area contributed by atoms with E-state index >= 15 is 0 Å². The van der Waals surface area contributed by atoms with Gasteiger partial charge in [0.2, 0.25) is 0 Å². The van der Waals surface area contributed by atoms with E-state index in [-0.39, 0.29) is 12.4 Å². The number of esters is 1. The average molecular weight is 287 g/mol. The zero-order chi connectivity index (χ0) is 12.1. The molecule has 1 aromatic carbocycles. The summed E-state index contributed by atoms with van der Waals surface area (Å²) in [6.07, 6.45) is 0.272. The molecule has 0 N–H and O–H groups in total. The fourth-order valence-electron chi connectivity index (χ4n) is 1.53. The summed E-state index contributed by atoms with van der Waals surface area (Å²) >= 11 is 3.41. The number of benzene rings is 1. The molecule has 0 aliphatic heterocycles. The number of hydrogen-bond donors (Lipinski definition) is 0. The van der Waals surface area contributed by atoms with Crippen molar-refractivity contribution in [3.8, 4) is 5.75 Å². The smallest absolute Gasteiger partial charge is 0.309 e. The van der Waals surface area contributed by atoms with Crippen LogP contribution in [0.4, 0.5) is 0 Å². The second-order valence-electron chi connectivity index (χ2n) is 3.48. The maximum Gasteiger partial charge on any atom is 0.309 e. The van der Waals surface area contributed by atoms with Crippen LogP contribution >= 0.6 is 15.9 Å². The van der Waals surface area contributed by atoms with Crippen molar-refractivity contribution in [1.82, 2.24) is 0 Å². The van der Waals surface area contributed by atoms with Gasteiger partial charge in [-0.1, -0.05) is 22.0 Å². The van der Waals surface area contributed by atoms with E-state index in [0.29, 0.717) is 5.33 Å². The second kappa shape index (κ2) is 5.89. The predicted molar refractivity (Wildman–Crippen MR) is 66.1 cm³/mol. The summed E-state index contributed by atoms with van der Waals surface area (Å²) in [5.74, 6) is 0.553. The molecule has 1 aromatic rings. The molecular formula is C12H15BrO3. The highest BCUT2D eigenvalue weighted by molar-refractivity contribution is 9.08. The van der Waals surface area contributed by atoms with Gasteiger partial charge in [0.15, 0.2) is 0 Å². The van der Waals surface area contributed by atoms with Crippen molar-refractivity contribution in [2.75, 3.05) is 14.2 Å². The van der Waals surface area contributed by atoms with E-state index in [9.17, 15) is 4.79 Å². The first kappa shape index (κ1) is 13.0. The van der Waals surface area contributed by atoms with Crippen molar-refractivity contribution in [2.45, 2.75) is 18.7 Å². The van der Waals surface area contributed by atoms with Crippen molar-refractivity contribution in [2.24, 2.45) is 0 Å². The lowest BCUT2D eigenvalue weighted by Crippen LogP contribution is -2.07. The average Bonchev–Trinajstić information content (AvgIpc) is 2.30. The fourth-order valence-corrected chi connectivity index (χ4v) is 2.05. The maximum absolute atomic E-state index is 11.3. The van der Waals surface area contributed by atoms with Gasteiger partial charge in [0.05, 0.1) is 20.6 Å². The highest BCUT2D eigenvalue weighted by Gasteiger charge is 2.11. The van der Waals surface area contributed by atoms with Crippen molar-refractivity contribution < 1.29 is 14.3 Å². The quantitative estimate of drug-likeness (QED) is 0.631. The third kappa shape index (κ3) is 2.98. The van der Waals surface area contributed by atoms with Gasteiger partial charge in [0.1, 0.15) is 5.75 Å². The Morgan fingerprint density at radius 3 is 2.50 bits per heavy atom. The topological polar surface area (TPSA) is 35.5 Å². The number of aryl methyl sites for hydroxylation is 1. The van der Waals surface area contributed by atoms with Crippen LogP contribution in [0.2, 0.25) is 0 Å². The number of carbonyl (C=O) groups excluding carboxylic acids is 1. The van der Waals surface area contributed by atoms with Gasteiger partial charge in [0.25, 0.3) is 0 Å². The van der Waals surface area contributed by atoms with Gasteiger partial charge in [-0.15, -0.1) is 0 Å². The summed E-state index contributed by atoms with van der Waals surface area (Å²) in [6.45, 7) is 1.98. The van der Waals surface area contributed by atoms with E-state index in [4.69, 9.17) is 4.74 Å². The number of rotatable bonds is 4.